The molecule has 1 saturated carbocycles. The highest BCUT2D eigenvalue weighted by atomic mass is 127. The van der Waals surface area contributed by atoms with Crippen LogP contribution in [0.4, 0.5) is 0 Å². The van der Waals surface area contributed by atoms with Crippen molar-refractivity contribution in [1.29, 1.82) is 0 Å². The lowest BCUT2D eigenvalue weighted by atomic mass is 9.80. The summed E-state index contributed by atoms with van der Waals surface area (Å²) >= 11 is 0. The maximum absolute atomic E-state index is 4.67. The summed E-state index contributed by atoms with van der Waals surface area (Å²) in [7, 11) is 0. The molecule has 0 saturated heterocycles. The molecule has 6 heteroatoms. The Morgan fingerprint density at radius 2 is 2.04 bits per heavy atom. The minimum atomic E-state index is 0. The molecule has 0 bridgehead atoms. The summed E-state index contributed by atoms with van der Waals surface area (Å²) in [5.74, 6) is 2.66. The van der Waals surface area contributed by atoms with Gasteiger partial charge in [0.15, 0.2) is 5.96 Å². The van der Waals surface area contributed by atoms with Crippen LogP contribution in [0.1, 0.15) is 46.5 Å². The number of guanidine groups is 1. The van der Waals surface area contributed by atoms with Crippen LogP contribution in [0.15, 0.2) is 23.5 Å². The molecular formula is C17H32IN5. The quantitative estimate of drug-likeness (QED) is 0.412. The lowest BCUT2D eigenvalue weighted by Gasteiger charge is -2.32. The topological polar surface area (TPSA) is 54.2 Å². The summed E-state index contributed by atoms with van der Waals surface area (Å²) in [5, 5.41) is 11.2. The van der Waals surface area contributed by atoms with Crippen molar-refractivity contribution in [3.63, 3.8) is 0 Å². The van der Waals surface area contributed by atoms with E-state index in [2.05, 4.69) is 41.5 Å². The SMILES string of the molecule is CCNC(=NCCn1cccn1)NC1CCC(C(C)C)CC1.I. The standard InChI is InChI=1S/C17H31N5.HI/c1-4-18-17(19-11-13-22-12-5-10-20-22)21-16-8-6-15(7-9-16)14(2)3;/h5,10,12,14-16H,4,6-9,11,13H2,1-3H3,(H2,18,19,21);1H. The van der Waals surface area contributed by atoms with Crippen molar-refractivity contribution in [3.05, 3.63) is 18.5 Å². The van der Waals surface area contributed by atoms with Gasteiger partial charge in [-0.1, -0.05) is 13.8 Å². The van der Waals surface area contributed by atoms with E-state index < -0.39 is 0 Å². The normalized spacial score (nSPS) is 21.8. The van der Waals surface area contributed by atoms with Crippen molar-refractivity contribution < 1.29 is 0 Å². The molecule has 0 spiro atoms. The molecule has 0 aliphatic heterocycles. The molecule has 0 unspecified atom stereocenters. The molecule has 1 fully saturated rings. The van der Waals surface area contributed by atoms with E-state index in [0.29, 0.717) is 6.04 Å². The molecule has 132 valence electrons. The van der Waals surface area contributed by atoms with Crippen LogP contribution in [0.25, 0.3) is 0 Å². The molecule has 0 amide bonds. The van der Waals surface area contributed by atoms with Crippen molar-refractivity contribution in [2.45, 2.75) is 59.0 Å². The third kappa shape index (κ3) is 7.10. The Morgan fingerprint density at radius 3 is 2.61 bits per heavy atom. The highest BCUT2D eigenvalue weighted by Gasteiger charge is 2.23. The van der Waals surface area contributed by atoms with Crippen molar-refractivity contribution in [3.8, 4) is 0 Å². The Bertz CT molecular complexity index is 436. The molecule has 1 aliphatic rings. The second kappa shape index (κ2) is 10.9. The van der Waals surface area contributed by atoms with Gasteiger partial charge in [-0.05, 0) is 50.5 Å². The van der Waals surface area contributed by atoms with E-state index in [-0.39, 0.29) is 24.0 Å². The van der Waals surface area contributed by atoms with Crippen molar-refractivity contribution in [2.75, 3.05) is 13.1 Å². The monoisotopic (exact) mass is 433 g/mol. The van der Waals surface area contributed by atoms with Gasteiger partial charge < -0.3 is 10.6 Å². The lowest BCUT2D eigenvalue weighted by molar-refractivity contribution is 0.250. The van der Waals surface area contributed by atoms with E-state index in [9.17, 15) is 0 Å². The van der Waals surface area contributed by atoms with Crippen LogP contribution in [0.2, 0.25) is 0 Å². The van der Waals surface area contributed by atoms with Crippen LogP contribution < -0.4 is 10.6 Å². The molecule has 1 aliphatic carbocycles. The Kier molecular flexibility index (Phi) is 9.59. The Hall–Kier alpha value is -0.790. The van der Waals surface area contributed by atoms with Gasteiger partial charge in [-0.15, -0.1) is 24.0 Å². The van der Waals surface area contributed by atoms with Crippen molar-refractivity contribution >= 4 is 29.9 Å². The summed E-state index contributed by atoms with van der Waals surface area (Å²) in [6.07, 6.45) is 8.96. The van der Waals surface area contributed by atoms with Gasteiger partial charge in [0.25, 0.3) is 0 Å². The minimum absolute atomic E-state index is 0. The number of hydrogen-bond acceptors (Lipinski definition) is 2. The van der Waals surface area contributed by atoms with Crippen LogP contribution in [0, 0.1) is 11.8 Å². The third-order valence-corrected chi connectivity index (χ3v) is 4.56. The molecule has 1 aromatic rings. The van der Waals surface area contributed by atoms with Crippen LogP contribution in [-0.2, 0) is 6.54 Å². The number of halogens is 1. The zero-order valence-corrected chi connectivity index (χ0v) is 17.0. The van der Waals surface area contributed by atoms with Crippen LogP contribution in [-0.4, -0.2) is 34.9 Å². The van der Waals surface area contributed by atoms with E-state index in [4.69, 9.17) is 0 Å². The second-order valence-corrected chi connectivity index (χ2v) is 6.53. The number of nitrogens with zero attached hydrogens (tertiary/aromatic N) is 3. The van der Waals surface area contributed by atoms with Crippen LogP contribution in [0.3, 0.4) is 0 Å². The molecule has 0 aromatic carbocycles. The van der Waals surface area contributed by atoms with Gasteiger partial charge in [0, 0.05) is 25.0 Å². The predicted molar refractivity (Wildman–Crippen MR) is 107 cm³/mol. The third-order valence-electron chi connectivity index (χ3n) is 4.56. The van der Waals surface area contributed by atoms with Gasteiger partial charge >= 0.3 is 0 Å². The summed E-state index contributed by atoms with van der Waals surface area (Å²) < 4.78 is 1.92. The first kappa shape index (κ1) is 20.3. The molecule has 2 N–H and O–H groups in total. The number of rotatable bonds is 6. The zero-order valence-electron chi connectivity index (χ0n) is 14.7. The van der Waals surface area contributed by atoms with Crippen LogP contribution in [0.5, 0.6) is 0 Å². The van der Waals surface area contributed by atoms with Gasteiger partial charge in [-0.3, -0.25) is 9.67 Å². The largest absolute Gasteiger partial charge is 0.357 e. The van der Waals surface area contributed by atoms with Gasteiger partial charge in [0.1, 0.15) is 0 Å². The Morgan fingerprint density at radius 1 is 1.30 bits per heavy atom. The van der Waals surface area contributed by atoms with E-state index in [1.165, 1.54) is 25.7 Å². The number of hydrogen-bond donors (Lipinski definition) is 2. The molecule has 2 rings (SSSR count). The highest BCUT2D eigenvalue weighted by molar-refractivity contribution is 14.0. The second-order valence-electron chi connectivity index (χ2n) is 6.53. The van der Waals surface area contributed by atoms with Crippen molar-refractivity contribution in [2.24, 2.45) is 16.8 Å². The summed E-state index contributed by atoms with van der Waals surface area (Å²) in [5.41, 5.74) is 0. The summed E-state index contributed by atoms with van der Waals surface area (Å²) in [4.78, 5) is 4.67. The maximum Gasteiger partial charge on any atom is 0.191 e. The fraction of sp³-hybridized carbons (Fsp3) is 0.765. The zero-order chi connectivity index (χ0) is 15.8. The number of aliphatic imine (C=N–C) groups is 1. The highest BCUT2D eigenvalue weighted by Crippen LogP contribution is 2.29. The molecule has 1 heterocycles. The smallest absolute Gasteiger partial charge is 0.191 e. The predicted octanol–water partition coefficient (Wildman–Crippen LogP) is 3.27. The molecule has 0 atom stereocenters. The average Bonchev–Trinajstić information content (AvgIpc) is 3.01. The Labute approximate surface area is 157 Å². The molecule has 23 heavy (non-hydrogen) atoms. The number of aromatic nitrogens is 2. The molecule has 1 aromatic heterocycles. The van der Waals surface area contributed by atoms with Crippen LogP contribution >= 0.6 is 24.0 Å². The van der Waals surface area contributed by atoms with E-state index in [1.807, 2.05) is 16.9 Å². The van der Waals surface area contributed by atoms with Gasteiger partial charge in [0.2, 0.25) is 0 Å². The lowest BCUT2D eigenvalue weighted by Crippen LogP contribution is -2.45. The molecular weight excluding hydrogens is 401 g/mol. The molecule has 0 radical (unpaired) electrons. The summed E-state index contributed by atoms with van der Waals surface area (Å²) in [6.45, 7) is 9.27. The average molecular weight is 433 g/mol. The van der Waals surface area contributed by atoms with Crippen molar-refractivity contribution in [1.82, 2.24) is 20.4 Å². The maximum atomic E-state index is 4.67. The van der Waals surface area contributed by atoms with Gasteiger partial charge in [-0.25, -0.2) is 0 Å². The van der Waals surface area contributed by atoms with E-state index >= 15 is 0 Å². The first-order valence-corrected chi connectivity index (χ1v) is 8.71. The van der Waals surface area contributed by atoms with Gasteiger partial charge in [0.05, 0.1) is 13.1 Å². The van der Waals surface area contributed by atoms with Gasteiger partial charge in [-0.2, -0.15) is 5.10 Å². The minimum Gasteiger partial charge on any atom is -0.357 e. The molecule has 5 nitrogen and oxygen atoms in total. The fourth-order valence-corrected chi connectivity index (χ4v) is 3.14. The first-order valence-electron chi connectivity index (χ1n) is 8.71. The summed E-state index contributed by atoms with van der Waals surface area (Å²) in [6, 6.07) is 2.51. The first-order chi connectivity index (χ1) is 10.7. The Balaban J connectivity index is 0.00000264. The van der Waals surface area contributed by atoms with E-state index in [0.717, 1.165) is 37.4 Å². The fourth-order valence-electron chi connectivity index (χ4n) is 3.14. The number of nitrogens with one attached hydrogen (secondary N) is 2. The van der Waals surface area contributed by atoms with E-state index in [1.54, 1.807) is 6.20 Å².